The highest BCUT2D eigenvalue weighted by molar-refractivity contribution is 5.68. The van der Waals surface area contributed by atoms with Crippen LogP contribution in [0, 0.1) is 18.3 Å². The van der Waals surface area contributed by atoms with Gasteiger partial charge in [-0.1, -0.05) is 18.2 Å². The topological polar surface area (TPSA) is 41.1 Å². The minimum Gasteiger partial charge on any atom is -0.300 e. The van der Waals surface area contributed by atoms with E-state index in [0.29, 0.717) is 6.42 Å². The first-order valence-corrected chi connectivity index (χ1v) is 8.24. The second-order valence-electron chi connectivity index (χ2n) is 6.29. The molecule has 0 spiro atoms. The Morgan fingerprint density at radius 2 is 1.96 bits per heavy atom. The summed E-state index contributed by atoms with van der Waals surface area (Å²) in [5, 5.41) is 9.26. The summed E-state index contributed by atoms with van der Waals surface area (Å²) in [7, 11) is 0. The van der Waals surface area contributed by atoms with E-state index in [4.69, 9.17) is 4.98 Å². The van der Waals surface area contributed by atoms with Gasteiger partial charge in [-0.3, -0.25) is 4.40 Å². The molecule has 0 N–H and O–H groups in total. The zero-order valence-corrected chi connectivity index (χ0v) is 13.3. The minimum absolute atomic E-state index is 0.373. The van der Waals surface area contributed by atoms with Gasteiger partial charge in [0, 0.05) is 11.3 Å². The highest BCUT2D eigenvalue weighted by Gasteiger charge is 2.17. The van der Waals surface area contributed by atoms with Crippen molar-refractivity contribution in [1.29, 1.82) is 5.26 Å². The number of imidazole rings is 1. The molecule has 0 atom stereocenters. The van der Waals surface area contributed by atoms with Gasteiger partial charge in [0.2, 0.25) is 0 Å². The number of rotatable bonds is 2. The third-order valence-corrected chi connectivity index (χ3v) is 4.80. The molecule has 0 amide bonds. The molecule has 1 aliphatic rings. The predicted molar refractivity (Wildman–Crippen MR) is 91.3 cm³/mol. The molecule has 4 rings (SSSR count). The molecule has 0 saturated heterocycles. The van der Waals surface area contributed by atoms with Gasteiger partial charge in [-0.05, 0) is 61.9 Å². The second-order valence-corrected chi connectivity index (χ2v) is 6.29. The summed E-state index contributed by atoms with van der Waals surface area (Å²) >= 11 is 0. The highest BCUT2D eigenvalue weighted by atomic mass is 15.0. The van der Waals surface area contributed by atoms with Gasteiger partial charge in [-0.15, -0.1) is 0 Å². The van der Waals surface area contributed by atoms with Gasteiger partial charge in [0.05, 0.1) is 23.9 Å². The van der Waals surface area contributed by atoms with Crippen LogP contribution in [-0.4, -0.2) is 9.38 Å². The van der Waals surface area contributed by atoms with Crippen LogP contribution in [0.25, 0.3) is 16.9 Å². The monoisotopic (exact) mass is 301 g/mol. The van der Waals surface area contributed by atoms with Gasteiger partial charge in [0.1, 0.15) is 5.65 Å². The van der Waals surface area contributed by atoms with Crippen LogP contribution in [0.3, 0.4) is 0 Å². The standard InChI is InChI=1S/C20H19N3/c1-14-5-4-8-19-22-20(18(11-12-21)23(14)19)17-10-9-15-6-2-3-7-16(15)13-17/h4-5,8-10,13H,2-3,6-7,11H2,1H3. The van der Waals surface area contributed by atoms with Crippen molar-refractivity contribution in [2.24, 2.45) is 0 Å². The maximum Gasteiger partial charge on any atom is 0.137 e. The number of pyridine rings is 1. The lowest BCUT2D eigenvalue weighted by atomic mass is 9.89. The molecule has 0 radical (unpaired) electrons. The van der Waals surface area contributed by atoms with E-state index >= 15 is 0 Å². The third-order valence-electron chi connectivity index (χ3n) is 4.80. The van der Waals surface area contributed by atoms with Crippen molar-refractivity contribution in [2.45, 2.75) is 39.0 Å². The molecule has 0 unspecified atom stereocenters. The Labute approximate surface area is 136 Å². The lowest BCUT2D eigenvalue weighted by molar-refractivity contribution is 0.686. The first-order chi connectivity index (χ1) is 11.3. The second kappa shape index (κ2) is 5.55. The third kappa shape index (κ3) is 2.31. The molecule has 0 aliphatic heterocycles. The van der Waals surface area contributed by atoms with E-state index in [-0.39, 0.29) is 0 Å². The van der Waals surface area contributed by atoms with Crippen molar-refractivity contribution in [3.05, 3.63) is 58.9 Å². The van der Waals surface area contributed by atoms with Crippen LogP contribution in [0.1, 0.15) is 35.4 Å². The number of nitriles is 1. The van der Waals surface area contributed by atoms with Gasteiger partial charge in [0.25, 0.3) is 0 Å². The van der Waals surface area contributed by atoms with Crippen LogP contribution in [0.2, 0.25) is 0 Å². The molecule has 0 saturated carbocycles. The smallest absolute Gasteiger partial charge is 0.137 e. The van der Waals surface area contributed by atoms with Crippen LogP contribution < -0.4 is 0 Å². The molecule has 3 heteroatoms. The zero-order valence-electron chi connectivity index (χ0n) is 13.3. The fourth-order valence-corrected chi connectivity index (χ4v) is 3.68. The zero-order chi connectivity index (χ0) is 15.8. The summed E-state index contributed by atoms with van der Waals surface area (Å²) in [6, 6.07) is 15.1. The van der Waals surface area contributed by atoms with E-state index in [1.165, 1.54) is 30.4 Å². The van der Waals surface area contributed by atoms with Crippen LogP contribution in [0.5, 0.6) is 0 Å². The van der Waals surface area contributed by atoms with Gasteiger partial charge in [-0.25, -0.2) is 4.98 Å². The van der Waals surface area contributed by atoms with E-state index in [1.807, 2.05) is 12.1 Å². The molecule has 0 fully saturated rings. The fraction of sp³-hybridized carbons (Fsp3) is 0.300. The molecular formula is C20H19N3. The summed E-state index contributed by atoms with van der Waals surface area (Å²) in [6.07, 6.45) is 5.28. The molecule has 1 aliphatic carbocycles. The Hall–Kier alpha value is -2.60. The molecule has 1 aromatic carbocycles. The molecule has 2 aromatic heterocycles. The van der Waals surface area contributed by atoms with Crippen molar-refractivity contribution in [2.75, 3.05) is 0 Å². The average molecular weight is 301 g/mol. The number of aryl methyl sites for hydroxylation is 3. The number of nitrogens with zero attached hydrogens (tertiary/aromatic N) is 3. The number of aromatic nitrogens is 2. The molecule has 114 valence electrons. The summed E-state index contributed by atoms with van der Waals surface area (Å²) in [5.41, 5.74) is 8.05. The first-order valence-electron chi connectivity index (χ1n) is 8.24. The summed E-state index contributed by atoms with van der Waals surface area (Å²) in [5.74, 6) is 0. The SMILES string of the molecule is Cc1cccc2nc(-c3ccc4c(c3)CCCC4)c(CC#N)n12. The van der Waals surface area contributed by atoms with Crippen molar-refractivity contribution >= 4 is 5.65 Å². The van der Waals surface area contributed by atoms with Gasteiger partial charge >= 0.3 is 0 Å². The summed E-state index contributed by atoms with van der Waals surface area (Å²) < 4.78 is 2.11. The minimum atomic E-state index is 0.373. The number of hydrogen-bond donors (Lipinski definition) is 0. The van der Waals surface area contributed by atoms with Gasteiger partial charge in [-0.2, -0.15) is 5.26 Å². The summed E-state index contributed by atoms with van der Waals surface area (Å²) in [4.78, 5) is 4.82. The molecule has 3 nitrogen and oxygen atoms in total. The number of fused-ring (bicyclic) bond motifs is 2. The van der Waals surface area contributed by atoms with Crippen molar-refractivity contribution in [3.8, 4) is 17.3 Å². The lowest BCUT2D eigenvalue weighted by Crippen LogP contribution is -2.03. The van der Waals surface area contributed by atoms with Crippen molar-refractivity contribution in [3.63, 3.8) is 0 Å². The van der Waals surface area contributed by atoms with Crippen LogP contribution in [0.4, 0.5) is 0 Å². The van der Waals surface area contributed by atoms with E-state index in [1.54, 1.807) is 0 Å². The number of hydrogen-bond acceptors (Lipinski definition) is 2. The van der Waals surface area contributed by atoms with E-state index in [0.717, 1.165) is 34.7 Å². The van der Waals surface area contributed by atoms with E-state index in [2.05, 4.69) is 41.7 Å². The van der Waals surface area contributed by atoms with Crippen molar-refractivity contribution < 1.29 is 0 Å². The Balaban J connectivity index is 1.93. The molecule has 23 heavy (non-hydrogen) atoms. The Morgan fingerprint density at radius 1 is 1.13 bits per heavy atom. The lowest BCUT2D eigenvalue weighted by Gasteiger charge is -2.16. The quantitative estimate of drug-likeness (QED) is 0.710. The van der Waals surface area contributed by atoms with Crippen molar-refractivity contribution in [1.82, 2.24) is 9.38 Å². The maximum absolute atomic E-state index is 9.26. The first kappa shape index (κ1) is 14.0. The highest BCUT2D eigenvalue weighted by Crippen LogP contribution is 2.30. The van der Waals surface area contributed by atoms with Crippen LogP contribution >= 0.6 is 0 Å². The fourth-order valence-electron chi connectivity index (χ4n) is 3.68. The Morgan fingerprint density at radius 3 is 2.78 bits per heavy atom. The molecule has 0 bridgehead atoms. The average Bonchev–Trinajstić information content (AvgIpc) is 2.95. The number of benzene rings is 1. The van der Waals surface area contributed by atoms with Gasteiger partial charge in [0.15, 0.2) is 0 Å². The molecule has 3 aromatic rings. The Kier molecular flexibility index (Phi) is 3.38. The van der Waals surface area contributed by atoms with Gasteiger partial charge < -0.3 is 0 Å². The predicted octanol–water partition coefficient (Wildman–Crippen LogP) is 4.25. The maximum atomic E-state index is 9.26. The van der Waals surface area contributed by atoms with E-state index < -0.39 is 0 Å². The van der Waals surface area contributed by atoms with Crippen LogP contribution in [0.15, 0.2) is 36.4 Å². The van der Waals surface area contributed by atoms with Crippen LogP contribution in [-0.2, 0) is 19.3 Å². The normalized spacial score (nSPS) is 13.7. The Bertz CT molecular complexity index is 928. The summed E-state index contributed by atoms with van der Waals surface area (Å²) in [6.45, 7) is 2.06. The largest absolute Gasteiger partial charge is 0.300 e. The molecular weight excluding hydrogens is 282 g/mol. The molecule has 2 heterocycles. The van der Waals surface area contributed by atoms with E-state index in [9.17, 15) is 5.26 Å².